The van der Waals surface area contributed by atoms with Gasteiger partial charge in [0.25, 0.3) is 0 Å². The van der Waals surface area contributed by atoms with E-state index in [1.165, 1.54) is 7.11 Å². The number of hydrogen-bond donors (Lipinski definition) is 0. The van der Waals surface area contributed by atoms with E-state index in [0.29, 0.717) is 0 Å². The summed E-state index contributed by atoms with van der Waals surface area (Å²) >= 11 is 0. The van der Waals surface area contributed by atoms with Gasteiger partial charge in [-0.15, -0.1) is 0 Å². The van der Waals surface area contributed by atoms with Gasteiger partial charge in [-0.2, -0.15) is 0 Å². The van der Waals surface area contributed by atoms with Crippen molar-refractivity contribution in [2.45, 2.75) is 19.1 Å². The van der Waals surface area contributed by atoms with E-state index in [1.54, 1.807) is 12.0 Å². The second-order valence-corrected chi connectivity index (χ2v) is 2.50. The molecular weight excluding hydrogens is 146 g/mol. The van der Waals surface area contributed by atoms with E-state index < -0.39 is 0 Å². The molecule has 11 heavy (non-hydrogen) atoms. The summed E-state index contributed by atoms with van der Waals surface area (Å²) in [5.41, 5.74) is 0. The van der Waals surface area contributed by atoms with Crippen LogP contribution < -0.4 is 0 Å². The van der Waals surface area contributed by atoms with Gasteiger partial charge in [0.2, 0.25) is 0 Å². The van der Waals surface area contributed by atoms with Crippen molar-refractivity contribution in [3.63, 3.8) is 0 Å². The molecule has 1 amide bonds. The van der Waals surface area contributed by atoms with E-state index in [9.17, 15) is 4.79 Å². The van der Waals surface area contributed by atoms with Gasteiger partial charge in [-0.1, -0.05) is 0 Å². The Bertz CT molecular complexity index is 149. The Balaban J connectivity index is 2.49. The molecule has 4 nitrogen and oxygen atoms in total. The van der Waals surface area contributed by atoms with Crippen LogP contribution in [-0.2, 0) is 9.47 Å². The third-order valence-corrected chi connectivity index (χ3v) is 1.88. The molecule has 1 rings (SSSR count). The second kappa shape index (κ2) is 3.57. The predicted molar refractivity (Wildman–Crippen MR) is 39.1 cm³/mol. The van der Waals surface area contributed by atoms with Crippen molar-refractivity contribution in [2.75, 3.05) is 20.8 Å². The van der Waals surface area contributed by atoms with Gasteiger partial charge in [0.05, 0.1) is 7.11 Å². The normalized spacial score (nSPS) is 23.8. The van der Waals surface area contributed by atoms with Gasteiger partial charge in [-0.05, 0) is 12.8 Å². The Hall–Kier alpha value is -0.770. The fraction of sp³-hybridized carbons (Fsp3) is 0.857. The van der Waals surface area contributed by atoms with Gasteiger partial charge >= 0.3 is 6.09 Å². The van der Waals surface area contributed by atoms with Gasteiger partial charge in [0.15, 0.2) is 0 Å². The summed E-state index contributed by atoms with van der Waals surface area (Å²) in [5.74, 6) is 0. The van der Waals surface area contributed by atoms with Crippen molar-refractivity contribution in [1.82, 2.24) is 4.90 Å². The second-order valence-electron chi connectivity index (χ2n) is 2.50. The molecule has 0 N–H and O–H groups in total. The molecule has 0 unspecified atom stereocenters. The maximum absolute atomic E-state index is 11.0. The molecule has 0 aromatic rings. The molecule has 0 aliphatic carbocycles. The van der Waals surface area contributed by atoms with E-state index >= 15 is 0 Å². The van der Waals surface area contributed by atoms with Crippen molar-refractivity contribution in [2.24, 2.45) is 0 Å². The summed E-state index contributed by atoms with van der Waals surface area (Å²) in [4.78, 5) is 12.6. The topological polar surface area (TPSA) is 38.8 Å². The van der Waals surface area contributed by atoms with E-state index in [0.717, 1.165) is 19.4 Å². The zero-order valence-electron chi connectivity index (χ0n) is 6.87. The minimum Gasteiger partial charge on any atom is -0.453 e. The molecule has 0 radical (unpaired) electrons. The highest BCUT2D eigenvalue weighted by molar-refractivity contribution is 5.67. The first-order valence-electron chi connectivity index (χ1n) is 3.67. The van der Waals surface area contributed by atoms with Crippen molar-refractivity contribution < 1.29 is 14.3 Å². The summed E-state index contributed by atoms with van der Waals surface area (Å²) < 4.78 is 9.64. The molecule has 4 heteroatoms. The monoisotopic (exact) mass is 159 g/mol. The van der Waals surface area contributed by atoms with Crippen LogP contribution in [0.4, 0.5) is 4.79 Å². The SMILES string of the molecule is COC(=O)N1CCC[C@H]1OC. The van der Waals surface area contributed by atoms with E-state index in [-0.39, 0.29) is 12.3 Å². The van der Waals surface area contributed by atoms with Crippen LogP contribution in [0.25, 0.3) is 0 Å². The van der Waals surface area contributed by atoms with Crippen molar-refractivity contribution >= 4 is 6.09 Å². The van der Waals surface area contributed by atoms with Crippen LogP contribution >= 0.6 is 0 Å². The van der Waals surface area contributed by atoms with Crippen LogP contribution in [0.1, 0.15) is 12.8 Å². The van der Waals surface area contributed by atoms with Gasteiger partial charge in [-0.25, -0.2) is 4.79 Å². The van der Waals surface area contributed by atoms with Crippen LogP contribution in [0, 0.1) is 0 Å². The van der Waals surface area contributed by atoms with Crippen LogP contribution in [0.3, 0.4) is 0 Å². The standard InChI is InChI=1S/C7H13NO3/c1-10-6-4-3-5-8(6)7(9)11-2/h6H,3-5H2,1-2H3/t6-/m1/s1. The summed E-state index contributed by atoms with van der Waals surface area (Å²) in [6, 6.07) is 0. The first-order valence-corrected chi connectivity index (χ1v) is 3.67. The lowest BCUT2D eigenvalue weighted by molar-refractivity contribution is -0.000687. The highest BCUT2D eigenvalue weighted by atomic mass is 16.6. The molecule has 1 aliphatic heterocycles. The summed E-state index contributed by atoms with van der Waals surface area (Å²) in [7, 11) is 2.99. The number of carbonyl (C=O) groups is 1. The maximum atomic E-state index is 11.0. The maximum Gasteiger partial charge on any atom is 0.411 e. The molecule has 0 saturated carbocycles. The zero-order chi connectivity index (χ0) is 8.27. The number of ether oxygens (including phenoxy) is 2. The van der Waals surface area contributed by atoms with Crippen LogP contribution in [0.5, 0.6) is 0 Å². The molecule has 64 valence electrons. The van der Waals surface area contributed by atoms with Crippen molar-refractivity contribution in [3.8, 4) is 0 Å². The Morgan fingerprint density at radius 2 is 2.27 bits per heavy atom. The molecule has 0 aromatic carbocycles. The summed E-state index contributed by atoms with van der Waals surface area (Å²) in [5, 5.41) is 0. The molecule has 1 aliphatic rings. The largest absolute Gasteiger partial charge is 0.453 e. The molecule has 0 bridgehead atoms. The molecule has 1 heterocycles. The smallest absolute Gasteiger partial charge is 0.411 e. The minimum absolute atomic E-state index is 0.0811. The number of carbonyl (C=O) groups excluding carboxylic acids is 1. The molecular formula is C7H13NO3. The molecule has 0 aromatic heterocycles. The molecule has 0 spiro atoms. The zero-order valence-corrected chi connectivity index (χ0v) is 6.87. The van der Waals surface area contributed by atoms with E-state index in [2.05, 4.69) is 4.74 Å². The Morgan fingerprint density at radius 3 is 2.82 bits per heavy atom. The van der Waals surface area contributed by atoms with Crippen LogP contribution in [0.2, 0.25) is 0 Å². The van der Waals surface area contributed by atoms with Gasteiger partial charge in [0.1, 0.15) is 6.23 Å². The van der Waals surface area contributed by atoms with Gasteiger partial charge in [-0.3, -0.25) is 4.90 Å². The van der Waals surface area contributed by atoms with E-state index in [4.69, 9.17) is 4.74 Å². The Labute approximate surface area is 66.1 Å². The van der Waals surface area contributed by atoms with Crippen LogP contribution in [0.15, 0.2) is 0 Å². The number of likely N-dealkylation sites (tertiary alicyclic amines) is 1. The minimum atomic E-state index is -0.297. The fourth-order valence-corrected chi connectivity index (χ4v) is 1.31. The summed E-state index contributed by atoms with van der Waals surface area (Å²) in [6.07, 6.45) is 1.52. The summed E-state index contributed by atoms with van der Waals surface area (Å²) in [6.45, 7) is 0.741. The van der Waals surface area contributed by atoms with Gasteiger partial charge in [0, 0.05) is 13.7 Å². The quantitative estimate of drug-likeness (QED) is 0.568. The van der Waals surface area contributed by atoms with Crippen molar-refractivity contribution in [1.29, 1.82) is 0 Å². The van der Waals surface area contributed by atoms with Gasteiger partial charge < -0.3 is 9.47 Å². The highest BCUT2D eigenvalue weighted by Crippen LogP contribution is 2.17. The molecule has 1 fully saturated rings. The average molecular weight is 159 g/mol. The molecule has 1 saturated heterocycles. The Morgan fingerprint density at radius 1 is 1.55 bits per heavy atom. The number of amides is 1. The first-order chi connectivity index (χ1) is 5.29. The fourth-order valence-electron chi connectivity index (χ4n) is 1.31. The number of nitrogens with zero attached hydrogens (tertiary/aromatic N) is 1. The first kappa shape index (κ1) is 8.33. The third kappa shape index (κ3) is 1.63. The average Bonchev–Trinajstić information content (AvgIpc) is 2.50. The lowest BCUT2D eigenvalue weighted by atomic mass is 10.4. The number of methoxy groups -OCH3 is 2. The predicted octanol–water partition coefficient (Wildman–Crippen LogP) is 0.821. The number of rotatable bonds is 1. The highest BCUT2D eigenvalue weighted by Gasteiger charge is 2.28. The number of hydrogen-bond acceptors (Lipinski definition) is 3. The van der Waals surface area contributed by atoms with Crippen LogP contribution in [-0.4, -0.2) is 38.0 Å². The Kier molecular flexibility index (Phi) is 2.70. The lowest BCUT2D eigenvalue weighted by Crippen LogP contribution is -2.36. The molecule has 1 atom stereocenters. The third-order valence-electron chi connectivity index (χ3n) is 1.88. The van der Waals surface area contributed by atoms with E-state index in [1.807, 2.05) is 0 Å². The lowest BCUT2D eigenvalue weighted by Gasteiger charge is -2.21. The van der Waals surface area contributed by atoms with Crippen molar-refractivity contribution in [3.05, 3.63) is 0 Å².